The number of Topliss-reactive ketones (excluding diaryl/α,β-unsaturated/α-hetero) is 1. The maximum atomic E-state index is 10.4. The van der Waals surface area contributed by atoms with Crippen LogP contribution in [0.2, 0.25) is 0 Å². The molecule has 2 aliphatic heterocycles. The van der Waals surface area contributed by atoms with Gasteiger partial charge in [-0.2, -0.15) is 0 Å². The van der Waals surface area contributed by atoms with Gasteiger partial charge in [0.15, 0.2) is 0 Å². The molecule has 2 rings (SSSR count). The van der Waals surface area contributed by atoms with E-state index in [9.17, 15) is 33.6 Å². The highest BCUT2D eigenvalue weighted by atomic mass is 16.4. The topological polar surface area (TPSA) is 250 Å². The zero-order valence-electron chi connectivity index (χ0n) is 15.0. The van der Waals surface area contributed by atoms with E-state index in [0.717, 1.165) is 0 Å². The average molecular weight is 419 g/mol. The lowest BCUT2D eigenvalue weighted by Crippen LogP contribution is -2.48. The molecule has 3 amide bonds. The molecule has 0 bridgehead atoms. The molecule has 2 saturated heterocycles. The minimum absolute atomic E-state index is 0.0544. The fourth-order valence-corrected chi connectivity index (χ4v) is 1.95. The van der Waals surface area contributed by atoms with E-state index in [1.807, 2.05) is 5.32 Å². The highest BCUT2D eigenvalue weighted by Gasteiger charge is 2.42. The quantitative estimate of drug-likeness (QED) is 0.213. The van der Waals surface area contributed by atoms with Crippen LogP contribution in [0.15, 0.2) is 0 Å². The molecule has 0 aromatic rings. The monoisotopic (exact) mass is 419 g/mol. The van der Waals surface area contributed by atoms with Gasteiger partial charge in [-0.25, -0.2) is 14.4 Å². The molecule has 29 heavy (non-hydrogen) atoms. The van der Waals surface area contributed by atoms with Gasteiger partial charge in [0.2, 0.25) is 29.2 Å². The van der Waals surface area contributed by atoms with Crippen LogP contribution in [0.5, 0.6) is 0 Å². The molecule has 0 saturated carbocycles. The van der Waals surface area contributed by atoms with Crippen LogP contribution in [0.4, 0.5) is 0 Å². The number of carboxylic acids is 3. The fraction of sp³-hybridized carbons (Fsp3) is 0.533. The maximum Gasteiger partial charge on any atom is 0.372 e. The summed E-state index contributed by atoms with van der Waals surface area (Å²) in [4.78, 5) is 71.2. The van der Waals surface area contributed by atoms with Crippen molar-refractivity contribution in [2.45, 2.75) is 50.3 Å². The first-order valence-corrected chi connectivity index (χ1v) is 8.12. The number of carbonyl (C=O) groups excluding carboxylic acids is 4. The minimum atomic E-state index is -2.02. The van der Waals surface area contributed by atoms with E-state index in [0.29, 0.717) is 12.8 Å². The number of aliphatic carboxylic acids is 3. The first-order valence-electron chi connectivity index (χ1n) is 8.12. The highest BCUT2D eigenvalue weighted by Crippen LogP contribution is 2.16. The van der Waals surface area contributed by atoms with E-state index in [2.05, 4.69) is 11.1 Å². The molecule has 0 radical (unpaired) electrons. The Bertz CT molecular complexity index is 706. The molecule has 2 aliphatic rings. The van der Waals surface area contributed by atoms with E-state index < -0.39 is 47.3 Å². The Labute approximate surface area is 163 Å². The summed E-state index contributed by atoms with van der Waals surface area (Å²) >= 11 is 0. The molecule has 0 aliphatic carbocycles. The Balaban J connectivity index is 0.000000406. The Morgan fingerprint density at radius 3 is 1.83 bits per heavy atom. The molecule has 0 aromatic heterocycles. The molecule has 14 nitrogen and oxygen atoms in total. The van der Waals surface area contributed by atoms with E-state index in [1.54, 1.807) is 0 Å². The van der Waals surface area contributed by atoms with E-state index in [4.69, 9.17) is 20.4 Å². The summed E-state index contributed by atoms with van der Waals surface area (Å²) in [5.74, 6) is -6.12. The summed E-state index contributed by atoms with van der Waals surface area (Å²) in [6, 6.07) is -0.641. The third kappa shape index (κ3) is 9.81. The number of aliphatic hydroxyl groups is 1. The first kappa shape index (κ1) is 25.4. The summed E-state index contributed by atoms with van der Waals surface area (Å²) in [6.45, 7) is 0. The van der Waals surface area contributed by atoms with Crippen molar-refractivity contribution in [2.75, 3.05) is 0 Å². The number of ketones is 1. The number of nitrogens with one attached hydrogen (secondary N) is 2. The van der Waals surface area contributed by atoms with Gasteiger partial charge in [-0.05, 0) is 6.42 Å². The third-order valence-electron chi connectivity index (χ3n) is 3.54. The Morgan fingerprint density at radius 2 is 1.59 bits per heavy atom. The molecule has 8 N–H and O–H groups in total. The van der Waals surface area contributed by atoms with Crippen molar-refractivity contribution in [3.63, 3.8) is 0 Å². The van der Waals surface area contributed by atoms with E-state index in [-0.39, 0.29) is 31.6 Å². The first-order chi connectivity index (χ1) is 13.3. The van der Waals surface area contributed by atoms with E-state index >= 15 is 0 Å². The zero-order valence-corrected chi connectivity index (χ0v) is 15.0. The van der Waals surface area contributed by atoms with Crippen LogP contribution < -0.4 is 16.4 Å². The van der Waals surface area contributed by atoms with Gasteiger partial charge in [0.25, 0.3) is 0 Å². The van der Waals surface area contributed by atoms with Gasteiger partial charge in [0.1, 0.15) is 6.04 Å². The summed E-state index contributed by atoms with van der Waals surface area (Å²) in [5.41, 5.74) is 2.64. The maximum absolute atomic E-state index is 10.4. The lowest BCUT2D eigenvalue weighted by Gasteiger charge is -2.14. The molecule has 2 atom stereocenters. The second kappa shape index (κ2) is 11.3. The lowest BCUT2D eigenvalue weighted by molar-refractivity contribution is -0.161. The number of hydrogen-bond donors (Lipinski definition) is 7. The Hall–Kier alpha value is -3.55. The second-order valence-corrected chi connectivity index (χ2v) is 5.91. The van der Waals surface area contributed by atoms with Gasteiger partial charge in [-0.15, -0.1) is 0 Å². The molecule has 0 spiro atoms. The molecular formula is C15H21N3O11. The van der Waals surface area contributed by atoms with Crippen LogP contribution in [0.1, 0.15) is 38.5 Å². The summed E-state index contributed by atoms with van der Waals surface area (Å²) in [5, 5.41) is 37.9. The van der Waals surface area contributed by atoms with Crippen LogP contribution in [-0.4, -0.2) is 73.6 Å². The number of carboxylic acid groups (broad SMARTS) is 3. The SMILES string of the molecule is NC(=O)CCC(=O)C(=O)O.O=C1CC[C@@H](C(=O)O)N1.O=C1CC[C@@](O)(C(=O)O)N1. The summed E-state index contributed by atoms with van der Waals surface area (Å²) < 4.78 is 0. The number of primary amides is 1. The smallest absolute Gasteiger partial charge is 0.372 e. The highest BCUT2D eigenvalue weighted by molar-refractivity contribution is 6.32. The third-order valence-corrected chi connectivity index (χ3v) is 3.54. The van der Waals surface area contributed by atoms with Gasteiger partial charge in [-0.1, -0.05) is 0 Å². The van der Waals surface area contributed by atoms with Crippen molar-refractivity contribution < 1.29 is 54.0 Å². The van der Waals surface area contributed by atoms with Crippen LogP contribution in [0, 0.1) is 0 Å². The average Bonchev–Trinajstić information content (AvgIpc) is 3.20. The molecule has 162 valence electrons. The second-order valence-electron chi connectivity index (χ2n) is 5.91. The van der Waals surface area contributed by atoms with Crippen molar-refractivity contribution in [3.05, 3.63) is 0 Å². The summed E-state index contributed by atoms with van der Waals surface area (Å²) in [6.07, 6.45) is 0.269. The van der Waals surface area contributed by atoms with Gasteiger partial charge < -0.3 is 36.8 Å². The largest absolute Gasteiger partial charge is 0.480 e. The summed E-state index contributed by atoms with van der Waals surface area (Å²) in [7, 11) is 0. The van der Waals surface area contributed by atoms with Crippen molar-refractivity contribution in [1.29, 1.82) is 0 Å². The van der Waals surface area contributed by atoms with Crippen molar-refractivity contribution in [2.24, 2.45) is 5.73 Å². The van der Waals surface area contributed by atoms with Gasteiger partial charge in [0, 0.05) is 32.1 Å². The van der Waals surface area contributed by atoms with E-state index in [1.165, 1.54) is 0 Å². The van der Waals surface area contributed by atoms with Gasteiger partial charge in [-0.3, -0.25) is 19.2 Å². The minimum Gasteiger partial charge on any atom is -0.480 e. The number of rotatable bonds is 6. The van der Waals surface area contributed by atoms with Crippen LogP contribution in [-0.2, 0) is 33.6 Å². The predicted molar refractivity (Wildman–Crippen MR) is 89.8 cm³/mol. The Morgan fingerprint density at radius 1 is 1.00 bits per heavy atom. The number of nitrogens with two attached hydrogens (primary N) is 1. The van der Waals surface area contributed by atoms with Gasteiger partial charge >= 0.3 is 17.9 Å². The molecule has 2 fully saturated rings. The van der Waals surface area contributed by atoms with Crippen LogP contribution in [0.25, 0.3) is 0 Å². The Kier molecular flexibility index (Phi) is 9.94. The van der Waals surface area contributed by atoms with Crippen molar-refractivity contribution in [1.82, 2.24) is 10.6 Å². The molecular weight excluding hydrogens is 398 g/mol. The molecule has 14 heteroatoms. The lowest BCUT2D eigenvalue weighted by atomic mass is 10.2. The normalized spacial score (nSPS) is 22.0. The number of amides is 3. The van der Waals surface area contributed by atoms with Crippen LogP contribution in [0.3, 0.4) is 0 Å². The predicted octanol–water partition coefficient (Wildman–Crippen LogP) is -3.08. The number of hydrogen-bond acceptors (Lipinski definition) is 8. The molecule has 2 heterocycles. The molecule has 0 aromatic carbocycles. The van der Waals surface area contributed by atoms with Crippen molar-refractivity contribution >= 4 is 41.4 Å². The number of carbonyl (C=O) groups is 7. The zero-order chi connectivity index (χ0) is 22.8. The van der Waals surface area contributed by atoms with Crippen molar-refractivity contribution in [3.8, 4) is 0 Å². The van der Waals surface area contributed by atoms with Crippen LogP contribution >= 0.6 is 0 Å². The van der Waals surface area contributed by atoms with Gasteiger partial charge in [0.05, 0.1) is 0 Å². The fourth-order valence-electron chi connectivity index (χ4n) is 1.95. The molecule has 0 unspecified atom stereocenters. The standard InChI is InChI=1S/2C5H7NO4.C5H7NO3/c7-3-1-2-5(10,6-3)4(8)9;6-4(8)2-1-3(7)5(9)10;7-4-2-1-3(6-4)5(8)9/h10H,1-2H2,(H,6,7)(H,8,9);1-2H2,(H2,6,8)(H,9,10);3H,1-2H2,(H,6,7)(H,8,9)/t5-;;3-/m1.0/s1.